The Hall–Kier alpha value is -1.69. The zero-order valence-electron chi connectivity index (χ0n) is 11.7. The molecule has 0 aliphatic rings. The summed E-state index contributed by atoms with van der Waals surface area (Å²) in [5.41, 5.74) is 4.63. The summed E-state index contributed by atoms with van der Waals surface area (Å²) in [6, 6.07) is 12.3. The summed E-state index contributed by atoms with van der Waals surface area (Å²) in [4.78, 5) is 15.6. The number of nitrogen functional groups attached to an aromatic ring is 1. The summed E-state index contributed by atoms with van der Waals surface area (Å²) >= 11 is 1.48. The Morgan fingerprint density at radius 1 is 1.30 bits per heavy atom. The van der Waals surface area contributed by atoms with Crippen molar-refractivity contribution in [2.45, 2.75) is 20.0 Å². The predicted octanol–water partition coefficient (Wildman–Crippen LogP) is 2.29. The Balaban J connectivity index is 2.02. The minimum Gasteiger partial charge on any atom is -0.298 e. The van der Waals surface area contributed by atoms with Crippen molar-refractivity contribution in [3.8, 4) is 0 Å². The number of hydrazine groups is 1. The minimum absolute atomic E-state index is 0.227. The summed E-state index contributed by atoms with van der Waals surface area (Å²) in [6.45, 7) is 3.73. The lowest BCUT2D eigenvalue weighted by atomic mass is 10.2. The molecule has 1 aromatic carbocycles. The quantitative estimate of drug-likeness (QED) is 0.504. The van der Waals surface area contributed by atoms with Gasteiger partial charge in [0.25, 0.3) is 5.91 Å². The number of nitrogens with one attached hydrogen (secondary N) is 1. The molecular formula is C15H19N3OS. The van der Waals surface area contributed by atoms with Crippen molar-refractivity contribution in [3.05, 3.63) is 57.3 Å². The number of nitrogens with zero attached hydrogens (tertiary/aromatic N) is 1. The lowest BCUT2D eigenvalue weighted by Crippen LogP contribution is -2.29. The number of hydrogen-bond acceptors (Lipinski definition) is 4. The molecule has 0 saturated heterocycles. The first kappa shape index (κ1) is 14.7. The van der Waals surface area contributed by atoms with E-state index in [0.717, 1.165) is 18.0 Å². The molecule has 0 aliphatic carbocycles. The smallest absolute Gasteiger partial charge is 0.275 e. The van der Waals surface area contributed by atoms with Gasteiger partial charge in [-0.2, -0.15) is 0 Å². The van der Waals surface area contributed by atoms with Crippen LogP contribution in [0.5, 0.6) is 0 Å². The van der Waals surface area contributed by atoms with E-state index < -0.39 is 0 Å². The lowest BCUT2D eigenvalue weighted by molar-refractivity contribution is 0.0957. The maximum Gasteiger partial charge on any atom is 0.275 e. The molecule has 0 fully saturated rings. The Kier molecular flexibility index (Phi) is 4.89. The second kappa shape index (κ2) is 6.65. The van der Waals surface area contributed by atoms with Gasteiger partial charge in [-0.25, -0.2) is 5.84 Å². The number of benzene rings is 1. The summed E-state index contributed by atoms with van der Waals surface area (Å²) in [7, 11) is 2.08. The van der Waals surface area contributed by atoms with Crippen LogP contribution < -0.4 is 11.3 Å². The second-order valence-corrected chi connectivity index (χ2v) is 6.08. The van der Waals surface area contributed by atoms with Crippen LogP contribution in [0, 0.1) is 6.92 Å². The number of amides is 1. The third kappa shape index (κ3) is 3.66. The molecule has 0 atom stereocenters. The standard InChI is InChI=1S/C15H19N3OS/c1-11-13(8-14(20-11)15(19)17-16)10-18(2)9-12-6-4-3-5-7-12/h3-8H,9-10,16H2,1-2H3,(H,17,19). The number of rotatable bonds is 5. The van der Waals surface area contributed by atoms with Crippen LogP contribution in [-0.4, -0.2) is 17.9 Å². The van der Waals surface area contributed by atoms with Crippen molar-refractivity contribution in [3.63, 3.8) is 0 Å². The largest absolute Gasteiger partial charge is 0.298 e. The third-order valence-electron chi connectivity index (χ3n) is 3.11. The van der Waals surface area contributed by atoms with Gasteiger partial charge in [0.05, 0.1) is 4.88 Å². The van der Waals surface area contributed by atoms with Crippen LogP contribution in [0.25, 0.3) is 0 Å². The van der Waals surface area contributed by atoms with E-state index in [9.17, 15) is 4.79 Å². The first-order valence-corrected chi connectivity index (χ1v) is 7.24. The highest BCUT2D eigenvalue weighted by Gasteiger charge is 2.12. The molecule has 0 unspecified atom stereocenters. The van der Waals surface area contributed by atoms with Crippen molar-refractivity contribution in [1.29, 1.82) is 0 Å². The predicted molar refractivity (Wildman–Crippen MR) is 82.3 cm³/mol. The molecule has 3 N–H and O–H groups in total. The highest BCUT2D eigenvalue weighted by atomic mass is 32.1. The Labute approximate surface area is 123 Å². The number of thiophene rings is 1. The van der Waals surface area contributed by atoms with Crippen molar-refractivity contribution in [1.82, 2.24) is 10.3 Å². The minimum atomic E-state index is -0.227. The zero-order valence-corrected chi connectivity index (χ0v) is 12.5. The zero-order chi connectivity index (χ0) is 14.5. The van der Waals surface area contributed by atoms with Gasteiger partial charge in [0.1, 0.15) is 0 Å². The maximum atomic E-state index is 11.5. The van der Waals surface area contributed by atoms with Gasteiger partial charge >= 0.3 is 0 Å². The molecule has 1 aromatic heterocycles. The van der Waals surface area contributed by atoms with Crippen LogP contribution in [0.3, 0.4) is 0 Å². The van der Waals surface area contributed by atoms with E-state index in [1.54, 1.807) is 0 Å². The summed E-state index contributed by atoms with van der Waals surface area (Å²) in [5.74, 6) is 4.94. The molecule has 1 heterocycles. The van der Waals surface area contributed by atoms with Gasteiger partial charge in [-0.3, -0.25) is 15.1 Å². The molecule has 0 spiro atoms. The van der Waals surface area contributed by atoms with Gasteiger partial charge in [0.15, 0.2) is 0 Å². The maximum absolute atomic E-state index is 11.5. The molecular weight excluding hydrogens is 270 g/mol. The molecule has 4 nitrogen and oxygen atoms in total. The fourth-order valence-corrected chi connectivity index (χ4v) is 3.04. The summed E-state index contributed by atoms with van der Waals surface area (Å²) in [5, 5.41) is 0. The molecule has 0 radical (unpaired) electrons. The lowest BCUT2D eigenvalue weighted by Gasteiger charge is -2.16. The van der Waals surface area contributed by atoms with Crippen LogP contribution in [-0.2, 0) is 13.1 Å². The topological polar surface area (TPSA) is 58.4 Å². The van der Waals surface area contributed by atoms with E-state index in [1.165, 1.54) is 22.5 Å². The van der Waals surface area contributed by atoms with Crippen LogP contribution in [0.1, 0.15) is 25.7 Å². The number of aryl methyl sites for hydroxylation is 1. The van der Waals surface area contributed by atoms with E-state index in [4.69, 9.17) is 5.84 Å². The van der Waals surface area contributed by atoms with Crippen molar-refractivity contribution >= 4 is 17.2 Å². The summed E-state index contributed by atoms with van der Waals surface area (Å²) in [6.07, 6.45) is 0. The number of nitrogens with two attached hydrogens (primary N) is 1. The van der Waals surface area contributed by atoms with Crippen molar-refractivity contribution < 1.29 is 4.79 Å². The fraction of sp³-hybridized carbons (Fsp3) is 0.267. The van der Waals surface area contributed by atoms with Crippen LogP contribution in [0.4, 0.5) is 0 Å². The first-order valence-electron chi connectivity index (χ1n) is 6.43. The second-order valence-electron chi connectivity index (χ2n) is 4.82. The average molecular weight is 289 g/mol. The van der Waals surface area contributed by atoms with E-state index in [-0.39, 0.29) is 5.91 Å². The Morgan fingerprint density at radius 2 is 2.00 bits per heavy atom. The van der Waals surface area contributed by atoms with Gasteiger partial charge in [-0.05, 0) is 31.2 Å². The molecule has 0 aliphatic heterocycles. The molecule has 1 amide bonds. The molecule has 106 valence electrons. The molecule has 5 heteroatoms. The van der Waals surface area contributed by atoms with Crippen molar-refractivity contribution in [2.75, 3.05) is 7.05 Å². The highest BCUT2D eigenvalue weighted by Crippen LogP contribution is 2.23. The van der Waals surface area contributed by atoms with Gasteiger partial charge in [-0.1, -0.05) is 30.3 Å². The normalized spacial score (nSPS) is 10.8. The van der Waals surface area contributed by atoms with E-state index in [1.807, 2.05) is 31.2 Å². The SMILES string of the molecule is Cc1sc(C(=O)NN)cc1CN(C)Cc1ccccc1. The van der Waals surface area contributed by atoms with Gasteiger partial charge in [-0.15, -0.1) is 11.3 Å². The van der Waals surface area contributed by atoms with E-state index in [0.29, 0.717) is 4.88 Å². The monoisotopic (exact) mass is 289 g/mol. The van der Waals surface area contributed by atoms with E-state index >= 15 is 0 Å². The fourth-order valence-electron chi connectivity index (χ4n) is 2.10. The number of hydrogen-bond donors (Lipinski definition) is 2. The molecule has 20 heavy (non-hydrogen) atoms. The van der Waals surface area contributed by atoms with Crippen LogP contribution in [0.2, 0.25) is 0 Å². The number of carbonyl (C=O) groups excluding carboxylic acids is 1. The highest BCUT2D eigenvalue weighted by molar-refractivity contribution is 7.14. The third-order valence-corrected chi connectivity index (χ3v) is 4.20. The molecule has 2 aromatic rings. The van der Waals surface area contributed by atoms with Crippen molar-refractivity contribution in [2.24, 2.45) is 5.84 Å². The van der Waals surface area contributed by atoms with Gasteiger partial charge in [0.2, 0.25) is 0 Å². The van der Waals surface area contributed by atoms with Gasteiger partial charge in [0, 0.05) is 18.0 Å². The first-order chi connectivity index (χ1) is 9.60. The summed E-state index contributed by atoms with van der Waals surface area (Å²) < 4.78 is 0. The number of carbonyl (C=O) groups is 1. The van der Waals surface area contributed by atoms with E-state index in [2.05, 4.69) is 29.5 Å². The van der Waals surface area contributed by atoms with Crippen LogP contribution in [0.15, 0.2) is 36.4 Å². The average Bonchev–Trinajstić information content (AvgIpc) is 2.80. The Morgan fingerprint density at radius 3 is 2.65 bits per heavy atom. The molecule has 2 rings (SSSR count). The molecule has 0 bridgehead atoms. The Bertz CT molecular complexity index is 580. The van der Waals surface area contributed by atoms with Crippen LogP contribution >= 0.6 is 11.3 Å². The molecule has 0 saturated carbocycles. The van der Waals surface area contributed by atoms with Gasteiger partial charge < -0.3 is 0 Å².